The summed E-state index contributed by atoms with van der Waals surface area (Å²) in [6.45, 7) is 14.1. The smallest absolute Gasteiger partial charge is 0.231 e. The van der Waals surface area contributed by atoms with Crippen molar-refractivity contribution < 1.29 is 0 Å². The zero-order chi connectivity index (χ0) is 15.1. The lowest BCUT2D eigenvalue weighted by Crippen LogP contribution is -2.29. The molecule has 0 aliphatic heterocycles. The fraction of sp³-hybridized carbons (Fsp3) is 0.786. The van der Waals surface area contributed by atoms with E-state index in [1.807, 2.05) is 14.0 Å². The number of aromatic nitrogens is 3. The van der Waals surface area contributed by atoms with E-state index in [2.05, 4.69) is 57.8 Å². The molecule has 0 spiro atoms. The van der Waals surface area contributed by atoms with Crippen molar-refractivity contribution in [3.05, 3.63) is 0 Å². The molecule has 0 fully saturated rings. The molecular weight excluding hydrogens is 252 g/mol. The maximum absolute atomic E-state index is 4.60. The molecule has 0 amide bonds. The lowest BCUT2D eigenvalue weighted by molar-refractivity contribution is 0.628. The van der Waals surface area contributed by atoms with E-state index in [0.717, 1.165) is 38.1 Å². The van der Waals surface area contributed by atoms with Crippen LogP contribution < -0.4 is 15.1 Å². The summed E-state index contributed by atoms with van der Waals surface area (Å²) in [5.74, 6) is 2.68. The van der Waals surface area contributed by atoms with Crippen molar-refractivity contribution in [1.29, 1.82) is 0 Å². The zero-order valence-electron chi connectivity index (χ0n) is 13.6. The minimum Gasteiger partial charge on any atom is -0.354 e. The monoisotopic (exact) mass is 280 g/mol. The van der Waals surface area contributed by atoms with Gasteiger partial charge in [-0.05, 0) is 26.7 Å². The van der Waals surface area contributed by atoms with Crippen molar-refractivity contribution in [3.8, 4) is 0 Å². The highest BCUT2D eigenvalue weighted by Crippen LogP contribution is 2.16. The molecule has 0 atom stereocenters. The first-order chi connectivity index (χ1) is 9.51. The Hall–Kier alpha value is -1.59. The van der Waals surface area contributed by atoms with Crippen LogP contribution in [0.2, 0.25) is 0 Å². The van der Waals surface area contributed by atoms with Crippen LogP contribution in [0.15, 0.2) is 0 Å². The van der Waals surface area contributed by atoms with E-state index in [1.54, 1.807) is 0 Å². The van der Waals surface area contributed by atoms with Crippen LogP contribution in [-0.2, 0) is 0 Å². The van der Waals surface area contributed by atoms with E-state index in [-0.39, 0.29) is 0 Å². The second-order valence-corrected chi connectivity index (χ2v) is 5.24. The van der Waals surface area contributed by atoms with E-state index in [0.29, 0.717) is 11.9 Å². The van der Waals surface area contributed by atoms with Gasteiger partial charge in [-0.1, -0.05) is 13.8 Å². The second-order valence-electron chi connectivity index (χ2n) is 5.24. The van der Waals surface area contributed by atoms with Gasteiger partial charge in [0.1, 0.15) is 0 Å². The largest absolute Gasteiger partial charge is 0.354 e. The molecule has 0 bridgehead atoms. The Bertz CT molecular complexity index is 403. The van der Waals surface area contributed by atoms with Gasteiger partial charge >= 0.3 is 0 Å². The van der Waals surface area contributed by atoms with E-state index in [4.69, 9.17) is 0 Å². The lowest BCUT2D eigenvalue weighted by atomic mass is 10.2. The Kier molecular flexibility index (Phi) is 6.48. The normalized spacial score (nSPS) is 10.8. The molecule has 1 aromatic rings. The summed E-state index contributed by atoms with van der Waals surface area (Å²) in [6.07, 6.45) is 0. The van der Waals surface area contributed by atoms with Crippen LogP contribution in [0, 0.1) is 5.92 Å². The zero-order valence-corrected chi connectivity index (χ0v) is 13.6. The molecule has 0 unspecified atom stereocenters. The maximum atomic E-state index is 4.60. The number of nitrogens with one attached hydrogen (secondary N) is 1. The van der Waals surface area contributed by atoms with E-state index < -0.39 is 0 Å². The second kappa shape index (κ2) is 7.87. The van der Waals surface area contributed by atoms with Crippen molar-refractivity contribution in [2.45, 2.75) is 34.6 Å². The van der Waals surface area contributed by atoms with Crippen LogP contribution in [-0.4, -0.2) is 48.2 Å². The number of anilines is 3. The number of rotatable bonds is 8. The molecule has 1 aromatic heterocycles. The Balaban J connectivity index is 3.09. The summed E-state index contributed by atoms with van der Waals surface area (Å²) < 4.78 is 0. The van der Waals surface area contributed by atoms with Crippen LogP contribution in [0.25, 0.3) is 0 Å². The summed E-state index contributed by atoms with van der Waals surface area (Å²) in [4.78, 5) is 17.8. The molecule has 0 saturated carbocycles. The standard InChI is InChI=1S/C14H28N6/c1-7-15-12-16-13(19(6)10-11(4)5)18-14(17-12)20(8-2)9-3/h11H,7-10H2,1-6H3,(H,15,16,17,18). The van der Waals surface area contributed by atoms with Crippen molar-refractivity contribution in [2.24, 2.45) is 5.92 Å². The highest BCUT2D eigenvalue weighted by molar-refractivity contribution is 5.44. The van der Waals surface area contributed by atoms with Crippen LogP contribution in [0.3, 0.4) is 0 Å². The van der Waals surface area contributed by atoms with Gasteiger partial charge in [0.25, 0.3) is 0 Å². The molecule has 20 heavy (non-hydrogen) atoms. The van der Waals surface area contributed by atoms with Gasteiger partial charge in [-0.15, -0.1) is 0 Å². The van der Waals surface area contributed by atoms with Crippen molar-refractivity contribution in [3.63, 3.8) is 0 Å². The number of hydrogen-bond acceptors (Lipinski definition) is 6. The van der Waals surface area contributed by atoms with Gasteiger partial charge in [-0.2, -0.15) is 15.0 Å². The van der Waals surface area contributed by atoms with Gasteiger partial charge in [0.05, 0.1) is 0 Å². The molecule has 1 rings (SSSR count). The third-order valence-electron chi connectivity index (χ3n) is 2.97. The highest BCUT2D eigenvalue weighted by Gasteiger charge is 2.14. The van der Waals surface area contributed by atoms with Crippen LogP contribution >= 0.6 is 0 Å². The number of nitrogens with zero attached hydrogens (tertiary/aromatic N) is 5. The molecule has 114 valence electrons. The van der Waals surface area contributed by atoms with Gasteiger partial charge in [0.2, 0.25) is 17.8 Å². The van der Waals surface area contributed by atoms with Gasteiger partial charge < -0.3 is 15.1 Å². The Morgan fingerprint density at radius 3 is 2.10 bits per heavy atom. The Morgan fingerprint density at radius 2 is 1.60 bits per heavy atom. The fourth-order valence-corrected chi connectivity index (χ4v) is 2.04. The van der Waals surface area contributed by atoms with Gasteiger partial charge in [-0.25, -0.2) is 0 Å². The molecule has 0 aromatic carbocycles. The molecule has 0 radical (unpaired) electrons. The Labute approximate surface area is 122 Å². The van der Waals surface area contributed by atoms with Crippen molar-refractivity contribution in [1.82, 2.24) is 15.0 Å². The van der Waals surface area contributed by atoms with Crippen molar-refractivity contribution in [2.75, 3.05) is 48.3 Å². The summed E-state index contributed by atoms with van der Waals surface area (Å²) in [7, 11) is 2.02. The lowest BCUT2D eigenvalue weighted by Gasteiger charge is -2.23. The van der Waals surface area contributed by atoms with Gasteiger partial charge in [0, 0.05) is 33.2 Å². The summed E-state index contributed by atoms with van der Waals surface area (Å²) >= 11 is 0. The molecule has 1 N–H and O–H groups in total. The predicted molar refractivity (Wildman–Crippen MR) is 85.7 cm³/mol. The molecule has 1 heterocycles. The average Bonchev–Trinajstić information content (AvgIpc) is 2.39. The molecular formula is C14H28N6. The third kappa shape index (κ3) is 4.51. The topological polar surface area (TPSA) is 57.2 Å². The SMILES string of the molecule is CCNc1nc(N(C)CC(C)C)nc(N(CC)CC)n1. The first-order valence-electron chi connectivity index (χ1n) is 7.47. The first-order valence-corrected chi connectivity index (χ1v) is 7.47. The molecule has 6 heteroatoms. The van der Waals surface area contributed by atoms with E-state index >= 15 is 0 Å². The average molecular weight is 280 g/mol. The highest BCUT2D eigenvalue weighted by atomic mass is 15.4. The predicted octanol–water partition coefficient (Wildman–Crippen LogP) is 2.24. The molecule has 0 aliphatic carbocycles. The van der Waals surface area contributed by atoms with Crippen molar-refractivity contribution >= 4 is 17.8 Å². The van der Waals surface area contributed by atoms with Crippen LogP contribution in [0.1, 0.15) is 34.6 Å². The molecule has 0 aliphatic rings. The first kappa shape index (κ1) is 16.5. The summed E-state index contributed by atoms with van der Waals surface area (Å²) in [6, 6.07) is 0. The van der Waals surface area contributed by atoms with Crippen LogP contribution in [0.5, 0.6) is 0 Å². The minimum atomic E-state index is 0.566. The third-order valence-corrected chi connectivity index (χ3v) is 2.97. The van der Waals surface area contributed by atoms with E-state index in [1.165, 1.54) is 0 Å². The Morgan fingerprint density at radius 1 is 1.00 bits per heavy atom. The molecule has 0 saturated heterocycles. The number of hydrogen-bond donors (Lipinski definition) is 1. The van der Waals surface area contributed by atoms with Crippen LogP contribution in [0.4, 0.5) is 17.8 Å². The summed E-state index contributed by atoms with van der Waals surface area (Å²) in [5.41, 5.74) is 0. The maximum Gasteiger partial charge on any atom is 0.231 e. The van der Waals surface area contributed by atoms with Gasteiger partial charge in [-0.3, -0.25) is 0 Å². The fourth-order valence-electron chi connectivity index (χ4n) is 2.04. The summed E-state index contributed by atoms with van der Waals surface area (Å²) in [5, 5.41) is 3.18. The van der Waals surface area contributed by atoms with E-state index in [9.17, 15) is 0 Å². The molecule has 6 nitrogen and oxygen atoms in total. The van der Waals surface area contributed by atoms with Gasteiger partial charge in [0.15, 0.2) is 0 Å². The quantitative estimate of drug-likeness (QED) is 0.788. The minimum absolute atomic E-state index is 0.566.